The molecule has 0 bridgehead atoms. The van der Waals surface area contributed by atoms with Crippen molar-refractivity contribution in [2.45, 2.75) is 20.4 Å². The van der Waals surface area contributed by atoms with Crippen molar-refractivity contribution in [3.63, 3.8) is 0 Å². The number of benzene rings is 1. The molecule has 0 saturated carbocycles. The molecule has 4 heteroatoms. The molecule has 0 aliphatic rings. The summed E-state index contributed by atoms with van der Waals surface area (Å²) >= 11 is 1.66. The number of thiazole rings is 1. The van der Waals surface area contributed by atoms with Crippen LogP contribution in [-0.4, -0.2) is 9.38 Å². The Bertz CT molecular complexity index is 653. The third-order valence-corrected chi connectivity index (χ3v) is 3.89. The molecule has 0 atom stereocenters. The maximum atomic E-state index is 4.55. The molecule has 18 heavy (non-hydrogen) atoms. The molecule has 1 aromatic carbocycles. The predicted octanol–water partition coefficient (Wildman–Crippen LogP) is 3.62. The SMILES string of the molecule is Cc1ccc(NCc2cn3ccsc3n2)cc1C. The van der Waals surface area contributed by atoms with E-state index in [4.69, 9.17) is 0 Å². The highest BCUT2D eigenvalue weighted by Crippen LogP contribution is 2.16. The lowest BCUT2D eigenvalue weighted by Crippen LogP contribution is -2.00. The quantitative estimate of drug-likeness (QED) is 0.776. The highest BCUT2D eigenvalue weighted by molar-refractivity contribution is 7.15. The molecule has 0 fully saturated rings. The minimum absolute atomic E-state index is 0.761. The molecule has 2 heterocycles. The van der Waals surface area contributed by atoms with E-state index in [9.17, 15) is 0 Å². The smallest absolute Gasteiger partial charge is 0.193 e. The van der Waals surface area contributed by atoms with Gasteiger partial charge in [-0.25, -0.2) is 4.98 Å². The number of nitrogens with one attached hydrogen (secondary N) is 1. The molecule has 3 nitrogen and oxygen atoms in total. The van der Waals surface area contributed by atoms with Crippen LogP contribution in [0.3, 0.4) is 0 Å². The van der Waals surface area contributed by atoms with Gasteiger partial charge in [-0.05, 0) is 37.1 Å². The van der Waals surface area contributed by atoms with Crippen LogP contribution in [0.15, 0.2) is 36.0 Å². The van der Waals surface area contributed by atoms with E-state index in [1.54, 1.807) is 11.3 Å². The number of hydrogen-bond acceptors (Lipinski definition) is 3. The van der Waals surface area contributed by atoms with Gasteiger partial charge in [0, 0.05) is 23.5 Å². The van der Waals surface area contributed by atoms with E-state index in [0.29, 0.717) is 0 Å². The summed E-state index contributed by atoms with van der Waals surface area (Å²) in [4.78, 5) is 5.59. The molecule has 0 amide bonds. The average molecular weight is 257 g/mol. The van der Waals surface area contributed by atoms with Crippen molar-refractivity contribution in [3.05, 3.63) is 52.8 Å². The van der Waals surface area contributed by atoms with E-state index in [2.05, 4.69) is 52.9 Å². The van der Waals surface area contributed by atoms with Crippen LogP contribution in [0, 0.1) is 13.8 Å². The summed E-state index contributed by atoms with van der Waals surface area (Å²) in [5.74, 6) is 0. The first kappa shape index (κ1) is 11.3. The summed E-state index contributed by atoms with van der Waals surface area (Å²) in [7, 11) is 0. The van der Waals surface area contributed by atoms with Gasteiger partial charge in [-0.3, -0.25) is 4.40 Å². The first-order valence-electron chi connectivity index (χ1n) is 5.94. The van der Waals surface area contributed by atoms with Crippen molar-refractivity contribution in [1.29, 1.82) is 0 Å². The number of nitrogens with zero attached hydrogens (tertiary/aromatic N) is 2. The van der Waals surface area contributed by atoms with Gasteiger partial charge in [0.1, 0.15) is 0 Å². The van der Waals surface area contributed by atoms with E-state index in [0.717, 1.165) is 22.9 Å². The molecule has 1 N–H and O–H groups in total. The van der Waals surface area contributed by atoms with Gasteiger partial charge in [0.15, 0.2) is 4.96 Å². The van der Waals surface area contributed by atoms with E-state index >= 15 is 0 Å². The number of fused-ring (bicyclic) bond motifs is 1. The molecule has 0 saturated heterocycles. The zero-order valence-corrected chi connectivity index (χ0v) is 11.3. The molecule has 3 rings (SSSR count). The van der Waals surface area contributed by atoms with Gasteiger partial charge in [0.05, 0.1) is 12.2 Å². The number of aromatic nitrogens is 2. The second-order valence-corrected chi connectivity index (χ2v) is 5.35. The van der Waals surface area contributed by atoms with Gasteiger partial charge >= 0.3 is 0 Å². The van der Waals surface area contributed by atoms with Crippen molar-refractivity contribution < 1.29 is 0 Å². The van der Waals surface area contributed by atoms with Gasteiger partial charge in [-0.1, -0.05) is 6.07 Å². The molecule has 2 aromatic heterocycles. The fraction of sp³-hybridized carbons (Fsp3) is 0.214. The predicted molar refractivity (Wildman–Crippen MR) is 76.3 cm³/mol. The Kier molecular flexibility index (Phi) is 2.80. The lowest BCUT2D eigenvalue weighted by Gasteiger charge is -2.07. The molecule has 3 aromatic rings. The fourth-order valence-corrected chi connectivity index (χ4v) is 2.62. The summed E-state index contributed by atoms with van der Waals surface area (Å²) in [6.45, 7) is 5.02. The maximum Gasteiger partial charge on any atom is 0.193 e. The second kappa shape index (κ2) is 4.46. The summed E-state index contributed by atoms with van der Waals surface area (Å²) in [6, 6.07) is 6.43. The normalized spacial score (nSPS) is 11.0. The lowest BCUT2D eigenvalue weighted by atomic mass is 10.1. The molecule has 0 spiro atoms. The summed E-state index contributed by atoms with van der Waals surface area (Å²) in [5, 5.41) is 5.45. The average Bonchev–Trinajstić information content (AvgIpc) is 2.91. The highest BCUT2D eigenvalue weighted by atomic mass is 32.1. The van der Waals surface area contributed by atoms with Crippen molar-refractivity contribution in [2.75, 3.05) is 5.32 Å². The Hall–Kier alpha value is -1.81. The van der Waals surface area contributed by atoms with E-state index in [-0.39, 0.29) is 0 Å². The molecule has 0 radical (unpaired) electrons. The molecule has 0 aliphatic carbocycles. The Morgan fingerprint density at radius 3 is 2.94 bits per heavy atom. The Balaban J connectivity index is 1.73. The minimum Gasteiger partial charge on any atom is -0.379 e. The number of anilines is 1. The number of hydrogen-bond donors (Lipinski definition) is 1. The summed E-state index contributed by atoms with van der Waals surface area (Å²) < 4.78 is 2.06. The van der Waals surface area contributed by atoms with E-state index in [1.165, 1.54) is 11.1 Å². The molecular weight excluding hydrogens is 242 g/mol. The van der Waals surface area contributed by atoms with Crippen molar-refractivity contribution >= 4 is 22.0 Å². The molecule has 92 valence electrons. The van der Waals surface area contributed by atoms with Gasteiger partial charge in [-0.15, -0.1) is 11.3 Å². The van der Waals surface area contributed by atoms with Crippen LogP contribution in [0.1, 0.15) is 16.8 Å². The third kappa shape index (κ3) is 2.11. The first-order valence-corrected chi connectivity index (χ1v) is 6.82. The minimum atomic E-state index is 0.761. The van der Waals surface area contributed by atoms with Crippen LogP contribution in [0.25, 0.3) is 4.96 Å². The maximum absolute atomic E-state index is 4.55. The Labute approximate surface area is 110 Å². The Morgan fingerprint density at radius 2 is 2.17 bits per heavy atom. The van der Waals surface area contributed by atoms with Gasteiger partial charge in [0.2, 0.25) is 0 Å². The van der Waals surface area contributed by atoms with Gasteiger partial charge in [-0.2, -0.15) is 0 Å². The Morgan fingerprint density at radius 1 is 1.28 bits per heavy atom. The topological polar surface area (TPSA) is 29.3 Å². The molecular formula is C14H15N3S. The fourth-order valence-electron chi connectivity index (χ4n) is 1.91. The zero-order valence-electron chi connectivity index (χ0n) is 10.5. The zero-order chi connectivity index (χ0) is 12.5. The second-order valence-electron chi connectivity index (χ2n) is 4.48. The summed E-state index contributed by atoms with van der Waals surface area (Å²) in [5.41, 5.74) is 4.85. The summed E-state index contributed by atoms with van der Waals surface area (Å²) in [6.07, 6.45) is 4.10. The third-order valence-electron chi connectivity index (χ3n) is 3.12. The van der Waals surface area contributed by atoms with Crippen LogP contribution in [0.4, 0.5) is 5.69 Å². The first-order chi connectivity index (χ1) is 8.72. The highest BCUT2D eigenvalue weighted by Gasteiger charge is 2.02. The molecule has 0 unspecified atom stereocenters. The van der Waals surface area contributed by atoms with Crippen LogP contribution < -0.4 is 5.32 Å². The van der Waals surface area contributed by atoms with Crippen LogP contribution in [0.2, 0.25) is 0 Å². The van der Waals surface area contributed by atoms with Gasteiger partial charge < -0.3 is 5.32 Å². The van der Waals surface area contributed by atoms with Crippen LogP contribution in [-0.2, 0) is 6.54 Å². The van der Waals surface area contributed by atoms with Crippen molar-refractivity contribution in [1.82, 2.24) is 9.38 Å². The number of aryl methyl sites for hydroxylation is 2. The lowest BCUT2D eigenvalue weighted by molar-refractivity contribution is 1.08. The van der Waals surface area contributed by atoms with E-state index < -0.39 is 0 Å². The largest absolute Gasteiger partial charge is 0.379 e. The van der Waals surface area contributed by atoms with Crippen molar-refractivity contribution in [2.24, 2.45) is 0 Å². The monoisotopic (exact) mass is 257 g/mol. The molecule has 0 aliphatic heterocycles. The number of imidazole rings is 1. The standard InChI is InChI=1S/C14H15N3S/c1-10-3-4-12(7-11(10)2)15-8-13-9-17-5-6-18-14(17)16-13/h3-7,9,15H,8H2,1-2H3. The van der Waals surface area contributed by atoms with Crippen molar-refractivity contribution in [3.8, 4) is 0 Å². The van der Waals surface area contributed by atoms with Gasteiger partial charge in [0.25, 0.3) is 0 Å². The van der Waals surface area contributed by atoms with Crippen LogP contribution in [0.5, 0.6) is 0 Å². The van der Waals surface area contributed by atoms with Crippen LogP contribution >= 0.6 is 11.3 Å². The van der Waals surface area contributed by atoms with E-state index in [1.807, 2.05) is 11.6 Å². The number of rotatable bonds is 3.